The third-order valence-electron chi connectivity index (χ3n) is 4.11. The Bertz CT molecular complexity index is 1040. The van der Waals surface area contributed by atoms with Crippen LogP contribution < -0.4 is 9.47 Å². The van der Waals surface area contributed by atoms with Crippen LogP contribution in [0.25, 0.3) is 6.08 Å². The zero-order valence-corrected chi connectivity index (χ0v) is 16.5. The number of ether oxygens (including phenoxy) is 2. The summed E-state index contributed by atoms with van der Waals surface area (Å²) in [4.78, 5) is 12.6. The third kappa shape index (κ3) is 4.07. The Kier molecular flexibility index (Phi) is 5.01. The van der Waals surface area contributed by atoms with E-state index < -0.39 is 0 Å². The minimum atomic E-state index is -0.130. The van der Waals surface area contributed by atoms with Gasteiger partial charge in [-0.2, -0.15) is 0 Å². The fourth-order valence-electron chi connectivity index (χ4n) is 2.75. The van der Waals surface area contributed by atoms with E-state index >= 15 is 0 Å². The maximum absolute atomic E-state index is 12.6. The first-order chi connectivity index (χ1) is 13.1. The summed E-state index contributed by atoms with van der Waals surface area (Å²) in [5.41, 5.74) is 2.43. The highest BCUT2D eigenvalue weighted by Gasteiger charge is 2.27. The molecule has 3 aromatic rings. The number of hydrogen-bond donors (Lipinski definition) is 0. The first-order valence-electron chi connectivity index (χ1n) is 8.29. The van der Waals surface area contributed by atoms with Crippen LogP contribution in [0.3, 0.4) is 0 Å². The van der Waals surface area contributed by atoms with Gasteiger partial charge in [0.05, 0.1) is 5.56 Å². The van der Waals surface area contributed by atoms with Crippen LogP contribution in [0, 0.1) is 0 Å². The Morgan fingerprint density at radius 3 is 2.63 bits per heavy atom. The van der Waals surface area contributed by atoms with E-state index in [1.807, 2.05) is 48.5 Å². The van der Waals surface area contributed by atoms with Gasteiger partial charge in [-0.25, -0.2) is 0 Å². The summed E-state index contributed by atoms with van der Waals surface area (Å²) < 4.78 is 12.5. The fraction of sp³-hybridized carbons (Fsp3) is 0.0455. The molecule has 0 atom stereocenters. The summed E-state index contributed by atoms with van der Waals surface area (Å²) in [5.74, 6) is 1.32. The second-order valence-corrected chi connectivity index (χ2v) is 7.42. The average molecular weight is 442 g/mol. The monoisotopic (exact) mass is 440 g/mol. The van der Waals surface area contributed by atoms with Crippen LogP contribution in [0.1, 0.15) is 21.5 Å². The summed E-state index contributed by atoms with van der Waals surface area (Å²) in [6, 6.07) is 20.4. The van der Waals surface area contributed by atoms with E-state index in [9.17, 15) is 4.79 Å². The summed E-state index contributed by atoms with van der Waals surface area (Å²) in [7, 11) is 0. The first kappa shape index (κ1) is 17.8. The molecule has 0 amide bonds. The van der Waals surface area contributed by atoms with E-state index in [0.717, 1.165) is 15.6 Å². The SMILES string of the molecule is O=C1C(=Cc2cccc(Br)c2)Oc2cc(OCc3ccc(Cl)cc3)ccc21. The molecule has 0 unspecified atom stereocenters. The van der Waals surface area contributed by atoms with E-state index in [4.69, 9.17) is 21.1 Å². The lowest BCUT2D eigenvalue weighted by atomic mass is 10.1. The summed E-state index contributed by atoms with van der Waals surface area (Å²) in [6.45, 7) is 0.407. The van der Waals surface area contributed by atoms with Gasteiger partial charge < -0.3 is 9.47 Å². The van der Waals surface area contributed by atoms with Crippen molar-refractivity contribution in [2.75, 3.05) is 0 Å². The largest absolute Gasteiger partial charge is 0.489 e. The normalized spacial score (nSPS) is 14.1. The van der Waals surface area contributed by atoms with E-state index in [0.29, 0.717) is 34.5 Å². The molecule has 1 heterocycles. The van der Waals surface area contributed by atoms with Crippen molar-refractivity contribution in [3.8, 4) is 11.5 Å². The smallest absolute Gasteiger partial charge is 0.231 e. The molecule has 0 spiro atoms. The summed E-state index contributed by atoms with van der Waals surface area (Å²) >= 11 is 9.32. The van der Waals surface area contributed by atoms with Crippen LogP contribution in [-0.2, 0) is 6.61 Å². The highest BCUT2D eigenvalue weighted by molar-refractivity contribution is 9.10. The van der Waals surface area contributed by atoms with Gasteiger partial charge in [0.1, 0.15) is 18.1 Å². The first-order valence-corrected chi connectivity index (χ1v) is 9.47. The predicted octanol–water partition coefficient (Wildman–Crippen LogP) is 6.30. The molecule has 27 heavy (non-hydrogen) atoms. The van der Waals surface area contributed by atoms with Gasteiger partial charge in [0.25, 0.3) is 0 Å². The van der Waals surface area contributed by atoms with E-state index in [1.54, 1.807) is 24.3 Å². The molecule has 5 heteroatoms. The quantitative estimate of drug-likeness (QED) is 0.446. The Morgan fingerprint density at radius 2 is 1.85 bits per heavy atom. The molecule has 0 aliphatic carbocycles. The Morgan fingerprint density at radius 1 is 1.04 bits per heavy atom. The molecule has 0 saturated heterocycles. The average Bonchev–Trinajstić information content (AvgIpc) is 2.96. The number of carbonyl (C=O) groups is 1. The Labute approximate surface area is 170 Å². The molecule has 3 nitrogen and oxygen atoms in total. The van der Waals surface area contributed by atoms with Crippen molar-refractivity contribution in [1.29, 1.82) is 0 Å². The van der Waals surface area contributed by atoms with Gasteiger partial charge in [0.2, 0.25) is 5.78 Å². The van der Waals surface area contributed by atoms with Gasteiger partial charge in [-0.15, -0.1) is 0 Å². The maximum atomic E-state index is 12.6. The van der Waals surface area contributed by atoms with Crippen molar-refractivity contribution in [2.45, 2.75) is 6.61 Å². The molecule has 134 valence electrons. The van der Waals surface area contributed by atoms with Crippen molar-refractivity contribution in [3.63, 3.8) is 0 Å². The number of rotatable bonds is 4. The lowest BCUT2D eigenvalue weighted by Gasteiger charge is -2.07. The van der Waals surface area contributed by atoms with Crippen LogP contribution >= 0.6 is 27.5 Å². The van der Waals surface area contributed by atoms with E-state index in [1.165, 1.54) is 0 Å². The second-order valence-electron chi connectivity index (χ2n) is 6.07. The van der Waals surface area contributed by atoms with Crippen molar-refractivity contribution < 1.29 is 14.3 Å². The molecule has 4 rings (SSSR count). The predicted molar refractivity (Wildman–Crippen MR) is 109 cm³/mol. The molecule has 0 fully saturated rings. The van der Waals surface area contributed by atoms with Crippen molar-refractivity contribution in [2.24, 2.45) is 0 Å². The maximum Gasteiger partial charge on any atom is 0.231 e. The van der Waals surface area contributed by atoms with Gasteiger partial charge >= 0.3 is 0 Å². The third-order valence-corrected chi connectivity index (χ3v) is 4.85. The number of hydrogen-bond acceptors (Lipinski definition) is 3. The Hall–Kier alpha value is -2.56. The fourth-order valence-corrected chi connectivity index (χ4v) is 3.30. The van der Waals surface area contributed by atoms with Gasteiger partial charge in [-0.1, -0.05) is 51.8 Å². The van der Waals surface area contributed by atoms with Crippen molar-refractivity contribution in [1.82, 2.24) is 0 Å². The highest BCUT2D eigenvalue weighted by atomic mass is 79.9. The molecular weight excluding hydrogens is 428 g/mol. The molecule has 1 aliphatic heterocycles. The number of ketones is 1. The lowest BCUT2D eigenvalue weighted by Crippen LogP contribution is -1.98. The highest BCUT2D eigenvalue weighted by Crippen LogP contribution is 2.35. The molecule has 0 N–H and O–H groups in total. The molecule has 0 radical (unpaired) electrons. The molecule has 0 bridgehead atoms. The van der Waals surface area contributed by atoms with Gasteiger partial charge in [0, 0.05) is 15.6 Å². The van der Waals surface area contributed by atoms with Crippen LogP contribution in [0.15, 0.2) is 77.0 Å². The molecule has 0 saturated carbocycles. The van der Waals surface area contributed by atoms with Crippen molar-refractivity contribution >= 4 is 39.4 Å². The zero-order chi connectivity index (χ0) is 18.8. The standard InChI is InChI=1S/C22H14BrClO3/c23-16-3-1-2-15(10-16)11-21-22(25)19-9-8-18(12-20(19)27-21)26-13-14-4-6-17(24)7-5-14/h1-12H,13H2. The second kappa shape index (κ2) is 7.59. The summed E-state index contributed by atoms with van der Waals surface area (Å²) in [5, 5.41) is 0.688. The summed E-state index contributed by atoms with van der Waals surface area (Å²) in [6.07, 6.45) is 1.74. The number of fused-ring (bicyclic) bond motifs is 1. The number of Topliss-reactive ketones (excluding diaryl/α,β-unsaturated/α-hetero) is 1. The Balaban J connectivity index is 1.51. The lowest BCUT2D eigenvalue weighted by molar-refractivity contribution is 0.101. The number of carbonyl (C=O) groups excluding carboxylic acids is 1. The van der Waals surface area contributed by atoms with Gasteiger partial charge in [0.15, 0.2) is 5.76 Å². The van der Waals surface area contributed by atoms with E-state index in [-0.39, 0.29) is 5.78 Å². The number of halogens is 2. The van der Waals surface area contributed by atoms with Crippen LogP contribution in [0.4, 0.5) is 0 Å². The zero-order valence-electron chi connectivity index (χ0n) is 14.1. The van der Waals surface area contributed by atoms with Crippen LogP contribution in [0.2, 0.25) is 5.02 Å². The van der Waals surface area contributed by atoms with E-state index in [2.05, 4.69) is 15.9 Å². The topological polar surface area (TPSA) is 35.5 Å². The van der Waals surface area contributed by atoms with Crippen LogP contribution in [-0.4, -0.2) is 5.78 Å². The number of benzene rings is 3. The minimum absolute atomic E-state index is 0.130. The molecule has 1 aliphatic rings. The van der Waals surface area contributed by atoms with Gasteiger partial charge in [-0.05, 0) is 53.6 Å². The minimum Gasteiger partial charge on any atom is -0.489 e. The van der Waals surface area contributed by atoms with Gasteiger partial charge in [-0.3, -0.25) is 4.79 Å². The molecule has 0 aromatic heterocycles. The molecule has 3 aromatic carbocycles. The van der Waals surface area contributed by atoms with Crippen LogP contribution in [0.5, 0.6) is 11.5 Å². The number of allylic oxidation sites excluding steroid dienone is 1. The van der Waals surface area contributed by atoms with Crippen molar-refractivity contribution in [3.05, 3.63) is 98.7 Å². The molecular formula is C22H14BrClO3.